The van der Waals surface area contributed by atoms with E-state index in [1.165, 1.54) is 6.08 Å². The number of allylic oxidation sites excluding steroid dienone is 1. The van der Waals surface area contributed by atoms with E-state index in [9.17, 15) is 4.79 Å². The van der Waals surface area contributed by atoms with Gasteiger partial charge in [0.25, 0.3) is 0 Å². The van der Waals surface area contributed by atoms with Crippen molar-refractivity contribution in [2.75, 3.05) is 12.4 Å². The van der Waals surface area contributed by atoms with Crippen LogP contribution in [0.3, 0.4) is 0 Å². The molecule has 0 radical (unpaired) electrons. The van der Waals surface area contributed by atoms with Crippen LogP contribution in [0.15, 0.2) is 60.8 Å². The lowest BCUT2D eigenvalue weighted by molar-refractivity contribution is 0.104. The van der Waals surface area contributed by atoms with Gasteiger partial charge >= 0.3 is 0 Å². The zero-order valence-corrected chi connectivity index (χ0v) is 11.7. The van der Waals surface area contributed by atoms with Gasteiger partial charge in [0, 0.05) is 28.5 Å². The van der Waals surface area contributed by atoms with Crippen molar-refractivity contribution in [1.29, 1.82) is 0 Å². The van der Waals surface area contributed by atoms with Crippen LogP contribution in [-0.2, 0) is 0 Å². The number of ketones is 1. The maximum atomic E-state index is 11.9. The standard InChI is InChI=1S/C16H14ClNO2/c1-20-15-8-6-14(7-9-15)18-11-10-16(19)12-2-4-13(17)5-3-12/h2-11,18H,1H3/b11-10-. The molecule has 0 bridgehead atoms. The van der Waals surface area contributed by atoms with Crippen molar-refractivity contribution < 1.29 is 9.53 Å². The Balaban J connectivity index is 1.95. The van der Waals surface area contributed by atoms with Gasteiger partial charge in [-0.25, -0.2) is 0 Å². The molecule has 0 aliphatic carbocycles. The van der Waals surface area contributed by atoms with Crippen LogP contribution in [-0.4, -0.2) is 12.9 Å². The summed E-state index contributed by atoms with van der Waals surface area (Å²) < 4.78 is 5.07. The van der Waals surface area contributed by atoms with Crippen LogP contribution in [0.4, 0.5) is 5.69 Å². The molecular weight excluding hydrogens is 274 g/mol. The number of hydrogen-bond donors (Lipinski definition) is 1. The van der Waals surface area contributed by atoms with Gasteiger partial charge < -0.3 is 10.1 Å². The van der Waals surface area contributed by atoms with E-state index in [4.69, 9.17) is 16.3 Å². The van der Waals surface area contributed by atoms with Crippen molar-refractivity contribution in [1.82, 2.24) is 0 Å². The van der Waals surface area contributed by atoms with E-state index < -0.39 is 0 Å². The first-order valence-corrected chi connectivity index (χ1v) is 6.44. The third-order valence-electron chi connectivity index (χ3n) is 2.70. The van der Waals surface area contributed by atoms with E-state index in [-0.39, 0.29) is 5.78 Å². The summed E-state index contributed by atoms with van der Waals surface area (Å²) >= 11 is 5.77. The molecular formula is C16H14ClNO2. The number of methoxy groups -OCH3 is 1. The molecule has 2 rings (SSSR count). The Bertz CT molecular complexity index is 603. The Kier molecular flexibility index (Phi) is 4.80. The quantitative estimate of drug-likeness (QED) is 0.663. The zero-order valence-electron chi connectivity index (χ0n) is 11.0. The molecule has 0 unspecified atom stereocenters. The summed E-state index contributed by atoms with van der Waals surface area (Å²) in [5, 5.41) is 3.64. The van der Waals surface area contributed by atoms with Gasteiger partial charge in [-0.1, -0.05) is 11.6 Å². The minimum atomic E-state index is -0.0809. The lowest BCUT2D eigenvalue weighted by Gasteiger charge is -2.02. The second-order valence-corrected chi connectivity index (χ2v) is 4.51. The number of anilines is 1. The number of ether oxygens (including phenoxy) is 1. The van der Waals surface area contributed by atoms with Gasteiger partial charge in [0.15, 0.2) is 5.78 Å². The largest absolute Gasteiger partial charge is 0.497 e. The Labute approximate surface area is 122 Å². The van der Waals surface area contributed by atoms with Crippen LogP contribution in [0, 0.1) is 0 Å². The number of rotatable bonds is 5. The molecule has 0 aliphatic heterocycles. The van der Waals surface area contributed by atoms with E-state index >= 15 is 0 Å². The van der Waals surface area contributed by atoms with Crippen LogP contribution in [0.25, 0.3) is 0 Å². The summed E-state index contributed by atoms with van der Waals surface area (Å²) in [6, 6.07) is 14.2. The molecule has 102 valence electrons. The highest BCUT2D eigenvalue weighted by Crippen LogP contribution is 2.15. The highest BCUT2D eigenvalue weighted by atomic mass is 35.5. The number of nitrogens with one attached hydrogen (secondary N) is 1. The van der Waals surface area contributed by atoms with Crippen LogP contribution in [0.5, 0.6) is 5.75 Å². The van der Waals surface area contributed by atoms with E-state index in [1.807, 2.05) is 24.3 Å². The molecule has 0 aromatic heterocycles. The Morgan fingerprint density at radius 1 is 1.10 bits per heavy atom. The zero-order chi connectivity index (χ0) is 14.4. The van der Waals surface area contributed by atoms with Crippen molar-refractivity contribution in [3.8, 4) is 5.75 Å². The van der Waals surface area contributed by atoms with Crippen LogP contribution in [0.1, 0.15) is 10.4 Å². The minimum absolute atomic E-state index is 0.0809. The molecule has 0 atom stereocenters. The average Bonchev–Trinajstić information content (AvgIpc) is 2.48. The molecule has 0 spiro atoms. The third-order valence-corrected chi connectivity index (χ3v) is 2.96. The predicted molar refractivity (Wildman–Crippen MR) is 81.5 cm³/mol. The van der Waals surface area contributed by atoms with Crippen LogP contribution >= 0.6 is 11.6 Å². The number of carbonyl (C=O) groups excluding carboxylic acids is 1. The summed E-state index contributed by atoms with van der Waals surface area (Å²) in [5.41, 5.74) is 1.48. The number of benzene rings is 2. The summed E-state index contributed by atoms with van der Waals surface area (Å²) in [5.74, 6) is 0.708. The van der Waals surface area contributed by atoms with Crippen molar-refractivity contribution in [2.45, 2.75) is 0 Å². The van der Waals surface area contributed by atoms with Crippen LogP contribution in [0.2, 0.25) is 5.02 Å². The molecule has 0 saturated heterocycles. The van der Waals surface area contributed by atoms with Gasteiger partial charge in [-0.3, -0.25) is 4.79 Å². The molecule has 20 heavy (non-hydrogen) atoms. The molecule has 0 saturated carbocycles. The average molecular weight is 288 g/mol. The van der Waals surface area contributed by atoms with Gasteiger partial charge in [0.2, 0.25) is 0 Å². The van der Waals surface area contributed by atoms with E-state index in [2.05, 4.69) is 5.32 Å². The highest BCUT2D eigenvalue weighted by Gasteiger charge is 2.00. The summed E-state index contributed by atoms with van der Waals surface area (Å²) in [7, 11) is 1.62. The Hall–Kier alpha value is -2.26. The SMILES string of the molecule is COc1ccc(N/C=C\C(=O)c2ccc(Cl)cc2)cc1. The van der Waals surface area contributed by atoms with Crippen LogP contribution < -0.4 is 10.1 Å². The summed E-state index contributed by atoms with van der Waals surface area (Å²) in [4.78, 5) is 11.9. The Morgan fingerprint density at radius 3 is 2.35 bits per heavy atom. The molecule has 0 fully saturated rings. The van der Waals surface area contributed by atoms with Gasteiger partial charge in [-0.2, -0.15) is 0 Å². The van der Waals surface area contributed by atoms with E-state index in [0.717, 1.165) is 11.4 Å². The van der Waals surface area contributed by atoms with Crippen molar-refractivity contribution in [3.05, 3.63) is 71.4 Å². The van der Waals surface area contributed by atoms with Crippen molar-refractivity contribution in [3.63, 3.8) is 0 Å². The first-order valence-electron chi connectivity index (χ1n) is 6.06. The maximum absolute atomic E-state index is 11.9. The van der Waals surface area contributed by atoms with E-state index in [1.54, 1.807) is 37.6 Å². The summed E-state index contributed by atoms with van der Waals surface area (Å²) in [6.45, 7) is 0. The number of hydrogen-bond acceptors (Lipinski definition) is 3. The molecule has 0 amide bonds. The second kappa shape index (κ2) is 6.78. The van der Waals surface area contributed by atoms with Crippen molar-refractivity contribution >= 4 is 23.1 Å². The first kappa shape index (κ1) is 14.2. The second-order valence-electron chi connectivity index (χ2n) is 4.08. The van der Waals surface area contributed by atoms with Crippen molar-refractivity contribution in [2.24, 2.45) is 0 Å². The molecule has 4 heteroatoms. The molecule has 3 nitrogen and oxygen atoms in total. The minimum Gasteiger partial charge on any atom is -0.497 e. The third kappa shape index (κ3) is 3.87. The maximum Gasteiger partial charge on any atom is 0.187 e. The fraction of sp³-hybridized carbons (Fsp3) is 0.0625. The smallest absolute Gasteiger partial charge is 0.187 e. The molecule has 2 aromatic rings. The van der Waals surface area contributed by atoms with Gasteiger partial charge in [0.1, 0.15) is 5.75 Å². The number of carbonyl (C=O) groups is 1. The molecule has 2 aromatic carbocycles. The fourth-order valence-electron chi connectivity index (χ4n) is 1.61. The lowest BCUT2D eigenvalue weighted by Crippen LogP contribution is -1.96. The lowest BCUT2D eigenvalue weighted by atomic mass is 10.1. The molecule has 1 N–H and O–H groups in total. The highest BCUT2D eigenvalue weighted by molar-refractivity contribution is 6.30. The Morgan fingerprint density at radius 2 is 1.75 bits per heavy atom. The monoisotopic (exact) mass is 287 g/mol. The molecule has 0 aliphatic rings. The summed E-state index contributed by atoms with van der Waals surface area (Å²) in [6.07, 6.45) is 3.09. The first-order chi connectivity index (χ1) is 9.69. The van der Waals surface area contributed by atoms with E-state index in [0.29, 0.717) is 10.6 Å². The fourth-order valence-corrected chi connectivity index (χ4v) is 1.74. The topological polar surface area (TPSA) is 38.3 Å². The predicted octanol–water partition coefficient (Wildman–Crippen LogP) is 4.16. The number of halogens is 1. The van der Waals surface area contributed by atoms with Gasteiger partial charge in [0.05, 0.1) is 7.11 Å². The van der Waals surface area contributed by atoms with Gasteiger partial charge in [-0.05, 0) is 48.5 Å². The van der Waals surface area contributed by atoms with Gasteiger partial charge in [-0.15, -0.1) is 0 Å². The molecule has 0 heterocycles. The normalized spacial score (nSPS) is 10.5.